The van der Waals surface area contributed by atoms with Gasteiger partial charge >= 0.3 is 0 Å². The highest BCUT2D eigenvalue weighted by Gasteiger charge is 2.28. The van der Waals surface area contributed by atoms with Gasteiger partial charge in [-0.25, -0.2) is 18.4 Å². The Morgan fingerprint density at radius 2 is 1.64 bits per heavy atom. The van der Waals surface area contributed by atoms with Crippen LogP contribution in [0.2, 0.25) is 0 Å². The van der Waals surface area contributed by atoms with Crippen molar-refractivity contribution in [3.63, 3.8) is 0 Å². The summed E-state index contributed by atoms with van der Waals surface area (Å²) in [6, 6.07) is 11.7. The molecule has 0 aliphatic heterocycles. The molecule has 4 rings (SSSR count). The number of pyridine rings is 1. The first-order chi connectivity index (χ1) is 17.1. The van der Waals surface area contributed by atoms with Crippen LogP contribution < -0.4 is 15.5 Å². The number of hydrogen-bond donors (Lipinski definition) is 2. The van der Waals surface area contributed by atoms with Crippen LogP contribution in [0.4, 0.5) is 11.8 Å². The third kappa shape index (κ3) is 5.81. The first-order valence-electron chi connectivity index (χ1n) is 12.0. The van der Waals surface area contributed by atoms with E-state index in [1.807, 2.05) is 38.9 Å². The van der Waals surface area contributed by atoms with Gasteiger partial charge in [-0.1, -0.05) is 17.7 Å². The minimum absolute atomic E-state index is 0.0542. The number of carbonyl (C=O) groups is 1. The van der Waals surface area contributed by atoms with E-state index in [0.29, 0.717) is 5.95 Å². The van der Waals surface area contributed by atoms with Crippen LogP contribution in [-0.4, -0.2) is 55.5 Å². The Morgan fingerprint density at radius 3 is 2.31 bits per heavy atom. The number of nitrogens with zero attached hydrogens (tertiary/aromatic N) is 4. The molecule has 2 N–H and O–H groups in total. The van der Waals surface area contributed by atoms with Gasteiger partial charge in [0.05, 0.1) is 10.5 Å². The first-order valence-corrected chi connectivity index (χ1v) is 13.5. The third-order valence-corrected chi connectivity index (χ3v) is 8.02. The molecule has 1 aliphatic carbocycles. The topological polar surface area (TPSA) is 117 Å². The molecule has 1 amide bonds. The molecule has 0 spiro atoms. The van der Waals surface area contributed by atoms with Crippen LogP contribution >= 0.6 is 0 Å². The van der Waals surface area contributed by atoms with E-state index in [1.165, 1.54) is 24.4 Å². The van der Waals surface area contributed by atoms with Gasteiger partial charge in [-0.05, 0) is 63.8 Å². The smallest absolute Gasteiger partial charge is 0.254 e. The predicted molar refractivity (Wildman–Crippen MR) is 139 cm³/mol. The van der Waals surface area contributed by atoms with Gasteiger partial charge < -0.3 is 15.5 Å². The van der Waals surface area contributed by atoms with Crippen molar-refractivity contribution < 1.29 is 13.2 Å². The van der Waals surface area contributed by atoms with Crippen LogP contribution in [0.25, 0.3) is 0 Å². The van der Waals surface area contributed by atoms with Crippen molar-refractivity contribution in [3.8, 4) is 0 Å². The number of hydrogen-bond acceptors (Lipinski definition) is 8. The molecule has 0 atom stereocenters. The van der Waals surface area contributed by atoms with E-state index in [0.717, 1.165) is 42.8 Å². The van der Waals surface area contributed by atoms with Crippen LogP contribution in [0.5, 0.6) is 0 Å². The standard InChI is InChI=1S/C26H32N6O3S/c1-17-7-13-21(14-8-17)36(34,35)25-22(6-5-15-27-25)24(33)29-19-9-11-20(12-10-19)30-26-28-18(2)16-23(31-26)32(3)4/h5-8,13-16,19-20H,9-12H2,1-4H3,(H,29,33)(H,28,30,31). The molecule has 0 bridgehead atoms. The molecule has 1 saturated carbocycles. The van der Waals surface area contributed by atoms with Crippen LogP contribution in [0.1, 0.15) is 47.3 Å². The summed E-state index contributed by atoms with van der Waals surface area (Å²) in [6.45, 7) is 3.83. The Kier molecular flexibility index (Phi) is 7.53. The van der Waals surface area contributed by atoms with E-state index in [1.54, 1.807) is 18.2 Å². The highest BCUT2D eigenvalue weighted by atomic mass is 32.2. The van der Waals surface area contributed by atoms with Gasteiger partial charge in [0.2, 0.25) is 15.8 Å². The molecule has 0 radical (unpaired) electrons. The molecule has 1 fully saturated rings. The number of amides is 1. The molecule has 2 heterocycles. The van der Waals surface area contributed by atoms with Gasteiger partial charge in [0.25, 0.3) is 5.91 Å². The maximum Gasteiger partial charge on any atom is 0.254 e. The van der Waals surface area contributed by atoms with E-state index in [2.05, 4.69) is 25.6 Å². The lowest BCUT2D eigenvalue weighted by molar-refractivity contribution is 0.0922. The largest absolute Gasteiger partial charge is 0.363 e. The Labute approximate surface area is 212 Å². The lowest BCUT2D eigenvalue weighted by Crippen LogP contribution is -2.40. The molecular formula is C26H32N6O3S. The number of nitrogens with one attached hydrogen (secondary N) is 2. The van der Waals surface area contributed by atoms with Gasteiger partial charge in [0, 0.05) is 44.1 Å². The zero-order valence-electron chi connectivity index (χ0n) is 21.0. The summed E-state index contributed by atoms with van der Waals surface area (Å²) in [4.78, 5) is 28.3. The average molecular weight is 509 g/mol. The normalized spacial score (nSPS) is 17.9. The molecule has 36 heavy (non-hydrogen) atoms. The van der Waals surface area contributed by atoms with Crippen LogP contribution in [-0.2, 0) is 9.84 Å². The van der Waals surface area contributed by atoms with E-state index in [4.69, 9.17) is 0 Å². The Bertz CT molecular complexity index is 1330. The molecule has 190 valence electrons. The highest BCUT2D eigenvalue weighted by Crippen LogP contribution is 2.25. The second-order valence-electron chi connectivity index (χ2n) is 9.42. The summed E-state index contributed by atoms with van der Waals surface area (Å²) in [6.07, 6.45) is 4.58. The number of anilines is 2. The van der Waals surface area contributed by atoms with E-state index < -0.39 is 15.7 Å². The molecule has 1 aromatic carbocycles. The SMILES string of the molecule is Cc1ccc(S(=O)(=O)c2ncccc2C(=O)NC2CCC(Nc3nc(C)cc(N(C)C)n3)CC2)cc1. The average Bonchev–Trinajstić information content (AvgIpc) is 2.85. The van der Waals surface area contributed by atoms with E-state index in [9.17, 15) is 13.2 Å². The molecule has 0 saturated heterocycles. The second kappa shape index (κ2) is 10.6. The van der Waals surface area contributed by atoms with Crippen LogP contribution in [0.3, 0.4) is 0 Å². The summed E-state index contributed by atoms with van der Waals surface area (Å²) in [7, 11) is -0.0410. The number of rotatable bonds is 7. The van der Waals surface area contributed by atoms with E-state index >= 15 is 0 Å². The van der Waals surface area contributed by atoms with Crippen molar-refractivity contribution in [2.45, 2.75) is 61.5 Å². The van der Waals surface area contributed by atoms with Gasteiger partial charge in [-0.3, -0.25) is 4.79 Å². The summed E-state index contributed by atoms with van der Waals surface area (Å²) in [5.41, 5.74) is 1.90. The summed E-state index contributed by atoms with van der Waals surface area (Å²) in [5, 5.41) is 6.21. The fraction of sp³-hybridized carbons (Fsp3) is 0.385. The minimum Gasteiger partial charge on any atom is -0.363 e. The molecule has 9 nitrogen and oxygen atoms in total. The molecule has 10 heteroatoms. The number of aromatic nitrogens is 3. The number of sulfone groups is 1. The zero-order valence-corrected chi connectivity index (χ0v) is 21.8. The van der Waals surface area contributed by atoms with Gasteiger partial charge in [-0.2, -0.15) is 4.98 Å². The highest BCUT2D eigenvalue weighted by molar-refractivity contribution is 7.91. The number of aryl methyl sites for hydroxylation is 2. The third-order valence-electron chi connectivity index (χ3n) is 6.30. The fourth-order valence-corrected chi connectivity index (χ4v) is 5.65. The zero-order chi connectivity index (χ0) is 25.9. The lowest BCUT2D eigenvalue weighted by Gasteiger charge is -2.30. The molecule has 1 aliphatic rings. The predicted octanol–water partition coefficient (Wildman–Crippen LogP) is 3.54. The second-order valence-corrected chi connectivity index (χ2v) is 11.3. The molecular weight excluding hydrogens is 476 g/mol. The number of carbonyl (C=O) groups excluding carboxylic acids is 1. The molecule has 0 unspecified atom stereocenters. The minimum atomic E-state index is -3.93. The van der Waals surface area contributed by atoms with Crippen molar-refractivity contribution in [2.75, 3.05) is 24.3 Å². The van der Waals surface area contributed by atoms with Crippen molar-refractivity contribution in [1.82, 2.24) is 20.3 Å². The lowest BCUT2D eigenvalue weighted by atomic mass is 9.91. The maximum absolute atomic E-state index is 13.2. The monoisotopic (exact) mass is 508 g/mol. The Balaban J connectivity index is 1.41. The Hall–Kier alpha value is -3.53. The molecule has 3 aromatic rings. The van der Waals surface area contributed by atoms with Crippen molar-refractivity contribution in [2.24, 2.45) is 0 Å². The van der Waals surface area contributed by atoms with Crippen molar-refractivity contribution in [1.29, 1.82) is 0 Å². The summed E-state index contributed by atoms with van der Waals surface area (Å²) in [5.74, 6) is 1.02. The van der Waals surface area contributed by atoms with E-state index in [-0.39, 0.29) is 27.6 Å². The summed E-state index contributed by atoms with van der Waals surface area (Å²) >= 11 is 0. The summed E-state index contributed by atoms with van der Waals surface area (Å²) < 4.78 is 26.4. The van der Waals surface area contributed by atoms with Crippen LogP contribution in [0, 0.1) is 13.8 Å². The number of benzene rings is 1. The fourth-order valence-electron chi connectivity index (χ4n) is 4.28. The van der Waals surface area contributed by atoms with Gasteiger partial charge in [0.1, 0.15) is 5.82 Å². The van der Waals surface area contributed by atoms with Gasteiger partial charge in [0.15, 0.2) is 5.03 Å². The Morgan fingerprint density at radius 1 is 0.972 bits per heavy atom. The van der Waals surface area contributed by atoms with Crippen molar-refractivity contribution in [3.05, 3.63) is 65.5 Å². The van der Waals surface area contributed by atoms with Crippen molar-refractivity contribution >= 4 is 27.5 Å². The molecule has 2 aromatic heterocycles. The van der Waals surface area contributed by atoms with Crippen LogP contribution in [0.15, 0.2) is 58.6 Å². The maximum atomic E-state index is 13.2. The van der Waals surface area contributed by atoms with Gasteiger partial charge in [-0.15, -0.1) is 0 Å². The quantitative estimate of drug-likeness (QED) is 0.498. The first kappa shape index (κ1) is 25.6.